The molecule has 0 bridgehead atoms. The van der Waals surface area contributed by atoms with Crippen molar-refractivity contribution in [1.82, 2.24) is 0 Å². The van der Waals surface area contributed by atoms with Gasteiger partial charge in [0.25, 0.3) is 5.97 Å². The Kier molecular flexibility index (Phi) is 16.3. The van der Waals surface area contributed by atoms with Gasteiger partial charge in [-0.1, -0.05) is 13.8 Å². The average Bonchev–Trinajstić information content (AvgIpc) is 2.66. The summed E-state index contributed by atoms with van der Waals surface area (Å²) < 4.78 is 34.9. The van der Waals surface area contributed by atoms with E-state index >= 15 is 0 Å². The molecule has 0 heterocycles. The third kappa shape index (κ3) is 12.3. The van der Waals surface area contributed by atoms with E-state index in [0.717, 1.165) is 19.3 Å². The quantitative estimate of drug-likeness (QED) is 0.258. The first-order chi connectivity index (χ1) is 13.3. The molecule has 0 saturated carbocycles. The summed E-state index contributed by atoms with van der Waals surface area (Å²) in [6.07, 6.45) is 2.60. The Labute approximate surface area is 172 Å². The molecule has 0 aromatic carbocycles. The molecular weight excluding hydrogens is 364 g/mol. The van der Waals surface area contributed by atoms with Gasteiger partial charge in [0.05, 0.1) is 31.8 Å². The van der Waals surface area contributed by atoms with Gasteiger partial charge in [-0.2, -0.15) is 0 Å². The van der Waals surface area contributed by atoms with Crippen LogP contribution in [0.1, 0.15) is 67.2 Å². The second-order valence-electron chi connectivity index (χ2n) is 7.31. The van der Waals surface area contributed by atoms with Crippen molar-refractivity contribution >= 4 is 0 Å². The molecule has 7 heteroatoms. The van der Waals surface area contributed by atoms with Gasteiger partial charge in [-0.15, -0.1) is 0 Å². The summed E-state index contributed by atoms with van der Waals surface area (Å²) in [4.78, 5) is 0. The summed E-state index contributed by atoms with van der Waals surface area (Å²) in [6.45, 7) is 14.2. The van der Waals surface area contributed by atoms with Gasteiger partial charge in [-0.3, -0.25) is 0 Å². The molecule has 0 fully saturated rings. The van der Waals surface area contributed by atoms with Gasteiger partial charge in [-0.05, 0) is 47.0 Å². The zero-order valence-electron chi connectivity index (χ0n) is 19.1. The van der Waals surface area contributed by atoms with Crippen LogP contribution in [0.3, 0.4) is 0 Å². The fourth-order valence-corrected chi connectivity index (χ4v) is 2.58. The third-order valence-electron chi connectivity index (χ3n) is 4.26. The highest BCUT2D eigenvalue weighted by atomic mass is 16.9. The van der Waals surface area contributed by atoms with Crippen LogP contribution in [0.5, 0.6) is 0 Å². The van der Waals surface area contributed by atoms with Crippen LogP contribution in [-0.2, 0) is 28.4 Å². The molecule has 0 saturated heterocycles. The van der Waals surface area contributed by atoms with E-state index in [4.69, 9.17) is 33.5 Å². The number of ether oxygens (including phenoxy) is 6. The SMILES string of the molecule is CCOC(CCOC(OC(C)CC)C(C)COCCCCO)(OC)OC(C)C. The zero-order valence-corrected chi connectivity index (χ0v) is 19.1. The molecule has 170 valence electrons. The molecule has 7 nitrogen and oxygen atoms in total. The van der Waals surface area contributed by atoms with Crippen LogP contribution in [0.15, 0.2) is 0 Å². The average molecular weight is 409 g/mol. The minimum Gasteiger partial charge on any atom is -0.396 e. The maximum Gasteiger partial charge on any atom is 0.285 e. The summed E-state index contributed by atoms with van der Waals surface area (Å²) in [5, 5.41) is 8.84. The molecule has 1 N–H and O–H groups in total. The maximum absolute atomic E-state index is 8.84. The molecule has 0 aliphatic carbocycles. The molecule has 4 unspecified atom stereocenters. The molecule has 0 aliphatic rings. The molecule has 0 aliphatic heterocycles. The highest BCUT2D eigenvalue weighted by molar-refractivity contribution is 4.63. The number of unbranched alkanes of at least 4 members (excludes halogenated alkanes) is 1. The minimum atomic E-state index is -1.12. The lowest BCUT2D eigenvalue weighted by molar-refractivity contribution is -0.387. The smallest absolute Gasteiger partial charge is 0.285 e. The first kappa shape index (κ1) is 27.7. The first-order valence-corrected chi connectivity index (χ1v) is 10.7. The zero-order chi connectivity index (χ0) is 21.4. The molecule has 0 radical (unpaired) electrons. The van der Waals surface area contributed by atoms with E-state index < -0.39 is 5.97 Å². The predicted octanol–water partition coefficient (Wildman–Crippen LogP) is 3.72. The molecule has 4 atom stereocenters. The molecular formula is C21H44O7. The van der Waals surface area contributed by atoms with Gasteiger partial charge in [0.2, 0.25) is 0 Å². The van der Waals surface area contributed by atoms with Crippen molar-refractivity contribution in [2.24, 2.45) is 5.92 Å². The summed E-state index contributed by atoms with van der Waals surface area (Å²) in [5.74, 6) is -1.05. The molecule has 28 heavy (non-hydrogen) atoms. The lowest BCUT2D eigenvalue weighted by Gasteiger charge is -2.34. The van der Waals surface area contributed by atoms with E-state index in [-0.39, 0.29) is 31.0 Å². The Hall–Kier alpha value is -0.280. The van der Waals surface area contributed by atoms with Crippen molar-refractivity contribution < 1.29 is 33.5 Å². The fraction of sp³-hybridized carbons (Fsp3) is 1.00. The maximum atomic E-state index is 8.84. The van der Waals surface area contributed by atoms with E-state index in [1.54, 1.807) is 7.11 Å². The lowest BCUT2D eigenvalue weighted by atomic mass is 10.2. The second kappa shape index (κ2) is 16.5. The van der Waals surface area contributed by atoms with Crippen LogP contribution in [-0.4, -0.2) is 69.7 Å². The van der Waals surface area contributed by atoms with Crippen molar-refractivity contribution in [2.45, 2.75) is 91.7 Å². The van der Waals surface area contributed by atoms with Crippen molar-refractivity contribution in [2.75, 3.05) is 40.1 Å². The van der Waals surface area contributed by atoms with E-state index in [1.807, 2.05) is 27.7 Å². The summed E-state index contributed by atoms with van der Waals surface area (Å²) >= 11 is 0. The van der Waals surface area contributed by atoms with Gasteiger partial charge in [-0.25, -0.2) is 0 Å². The lowest BCUT2D eigenvalue weighted by Crippen LogP contribution is -2.42. The normalized spacial score (nSPS) is 17.5. The van der Waals surface area contributed by atoms with Crippen LogP contribution in [0, 0.1) is 5.92 Å². The molecule has 0 rings (SSSR count). The Balaban J connectivity index is 4.70. The minimum absolute atomic E-state index is 0.0371. The van der Waals surface area contributed by atoms with Gasteiger partial charge >= 0.3 is 0 Å². The van der Waals surface area contributed by atoms with E-state index in [1.165, 1.54) is 0 Å². The molecule has 0 spiro atoms. The Morgan fingerprint density at radius 3 is 2.25 bits per heavy atom. The summed E-state index contributed by atoms with van der Waals surface area (Å²) in [6, 6.07) is 0. The van der Waals surface area contributed by atoms with E-state index in [0.29, 0.717) is 32.8 Å². The van der Waals surface area contributed by atoms with Crippen LogP contribution >= 0.6 is 0 Å². The number of hydrogen-bond acceptors (Lipinski definition) is 7. The summed E-state index contributed by atoms with van der Waals surface area (Å²) in [5.41, 5.74) is 0. The Morgan fingerprint density at radius 1 is 1.00 bits per heavy atom. The highest BCUT2D eigenvalue weighted by Gasteiger charge is 2.34. The van der Waals surface area contributed by atoms with Crippen molar-refractivity contribution in [3.05, 3.63) is 0 Å². The standard InChI is InChI=1S/C21H44O7/c1-8-19(6)27-20(18(5)16-24-14-11-10-13-22)25-15-12-21(23-7,26-9-2)28-17(3)4/h17-20,22H,8-16H2,1-7H3. The Morgan fingerprint density at radius 2 is 1.71 bits per heavy atom. The molecule has 0 aromatic rings. The fourth-order valence-electron chi connectivity index (χ4n) is 2.58. The number of rotatable bonds is 19. The highest BCUT2D eigenvalue weighted by Crippen LogP contribution is 2.23. The number of methoxy groups -OCH3 is 1. The number of aliphatic hydroxyl groups is 1. The van der Waals surface area contributed by atoms with Crippen LogP contribution in [0.2, 0.25) is 0 Å². The number of aliphatic hydroxyl groups excluding tert-OH is 1. The van der Waals surface area contributed by atoms with E-state index in [2.05, 4.69) is 13.8 Å². The van der Waals surface area contributed by atoms with Crippen LogP contribution in [0.4, 0.5) is 0 Å². The van der Waals surface area contributed by atoms with Crippen molar-refractivity contribution in [3.63, 3.8) is 0 Å². The van der Waals surface area contributed by atoms with Gasteiger partial charge in [0.15, 0.2) is 6.29 Å². The van der Waals surface area contributed by atoms with Crippen LogP contribution in [0.25, 0.3) is 0 Å². The van der Waals surface area contributed by atoms with Gasteiger partial charge in [0.1, 0.15) is 0 Å². The Bertz CT molecular complexity index is 354. The van der Waals surface area contributed by atoms with Gasteiger partial charge < -0.3 is 33.5 Å². The molecule has 0 aromatic heterocycles. The predicted molar refractivity (Wildman–Crippen MR) is 109 cm³/mol. The number of hydrogen-bond donors (Lipinski definition) is 1. The summed E-state index contributed by atoms with van der Waals surface area (Å²) in [7, 11) is 1.58. The van der Waals surface area contributed by atoms with Gasteiger partial charge in [0, 0.05) is 32.8 Å². The molecule has 0 amide bonds. The van der Waals surface area contributed by atoms with Crippen LogP contribution < -0.4 is 0 Å². The largest absolute Gasteiger partial charge is 0.396 e. The topological polar surface area (TPSA) is 75.6 Å². The monoisotopic (exact) mass is 408 g/mol. The third-order valence-corrected chi connectivity index (χ3v) is 4.26. The first-order valence-electron chi connectivity index (χ1n) is 10.7. The van der Waals surface area contributed by atoms with Crippen molar-refractivity contribution in [3.8, 4) is 0 Å². The second-order valence-corrected chi connectivity index (χ2v) is 7.31. The van der Waals surface area contributed by atoms with Crippen molar-refractivity contribution in [1.29, 1.82) is 0 Å². The van der Waals surface area contributed by atoms with E-state index in [9.17, 15) is 0 Å².